The molecule has 0 N–H and O–H groups in total. The number of halogens is 1. The zero-order valence-electron chi connectivity index (χ0n) is 18.5. The third kappa shape index (κ3) is 4.03. The Morgan fingerprint density at radius 3 is 2.22 bits per heavy atom. The van der Waals surface area contributed by atoms with Gasteiger partial charge in [0.2, 0.25) is 5.91 Å². The van der Waals surface area contributed by atoms with Gasteiger partial charge >= 0.3 is 0 Å². The number of carbonyl (C=O) groups is 2. The molecule has 5 heteroatoms. The number of fused-ring (bicyclic) bond motifs is 1. The van der Waals surface area contributed by atoms with Crippen molar-refractivity contribution in [3.63, 3.8) is 0 Å². The van der Waals surface area contributed by atoms with Crippen LogP contribution < -0.4 is 9.80 Å². The van der Waals surface area contributed by atoms with Crippen molar-refractivity contribution in [1.82, 2.24) is 0 Å². The van der Waals surface area contributed by atoms with E-state index in [0.717, 1.165) is 16.9 Å². The number of nitrogens with zero attached hydrogens (tertiary/aromatic N) is 2. The number of hydrogen-bond acceptors (Lipinski definition) is 2. The van der Waals surface area contributed by atoms with Crippen LogP contribution in [0.5, 0.6) is 0 Å². The van der Waals surface area contributed by atoms with E-state index < -0.39 is 0 Å². The lowest BCUT2D eigenvalue weighted by molar-refractivity contribution is -0.122. The summed E-state index contributed by atoms with van der Waals surface area (Å²) in [6.07, 6.45) is 0.595. The quantitative estimate of drug-likeness (QED) is 0.510. The Labute approximate surface area is 188 Å². The third-order valence-corrected chi connectivity index (χ3v) is 5.95. The van der Waals surface area contributed by atoms with Crippen LogP contribution in [0.1, 0.15) is 49.2 Å². The van der Waals surface area contributed by atoms with Crippen LogP contribution in [0.4, 0.5) is 15.8 Å². The summed E-state index contributed by atoms with van der Waals surface area (Å²) in [5.41, 5.74) is 2.99. The lowest BCUT2D eigenvalue weighted by atomic mass is 9.89. The Morgan fingerprint density at radius 2 is 1.56 bits per heavy atom. The van der Waals surface area contributed by atoms with Crippen molar-refractivity contribution in [2.45, 2.75) is 39.3 Å². The lowest BCUT2D eigenvalue weighted by Crippen LogP contribution is -2.48. The third-order valence-electron chi connectivity index (χ3n) is 5.95. The van der Waals surface area contributed by atoms with Crippen molar-refractivity contribution in [1.29, 1.82) is 0 Å². The fourth-order valence-corrected chi connectivity index (χ4v) is 4.39. The van der Waals surface area contributed by atoms with Crippen LogP contribution in [0.25, 0.3) is 0 Å². The molecule has 0 radical (unpaired) electrons. The molecule has 0 spiro atoms. The Balaban J connectivity index is 1.79. The number of amides is 2. The van der Waals surface area contributed by atoms with Crippen LogP contribution in [-0.4, -0.2) is 17.9 Å². The minimum atomic E-state index is -0.376. The van der Waals surface area contributed by atoms with E-state index in [2.05, 4.69) is 0 Å². The van der Waals surface area contributed by atoms with E-state index in [1.807, 2.05) is 80.3 Å². The Morgan fingerprint density at radius 1 is 0.938 bits per heavy atom. The summed E-state index contributed by atoms with van der Waals surface area (Å²) in [6, 6.07) is 22.7. The van der Waals surface area contributed by atoms with Gasteiger partial charge in [-0.3, -0.25) is 9.59 Å². The molecule has 3 aromatic rings. The van der Waals surface area contributed by atoms with Crippen molar-refractivity contribution in [2.24, 2.45) is 5.92 Å². The minimum Gasteiger partial charge on any atom is -0.305 e. The predicted octanol–water partition coefficient (Wildman–Crippen LogP) is 6.00. The van der Waals surface area contributed by atoms with Gasteiger partial charge in [0, 0.05) is 28.9 Å². The zero-order chi connectivity index (χ0) is 22.8. The first-order valence-electron chi connectivity index (χ1n) is 10.9. The summed E-state index contributed by atoms with van der Waals surface area (Å²) < 4.78 is 13.4. The van der Waals surface area contributed by atoms with Crippen molar-refractivity contribution < 1.29 is 14.0 Å². The summed E-state index contributed by atoms with van der Waals surface area (Å²) in [5, 5.41) is 0. The SMILES string of the molecule is CC(C)C(=O)N(c1ccccc1)C1CC(C)N(C(=O)c2ccc(F)cc2)c2ccccc21. The number of para-hydroxylation sites is 2. The molecule has 32 heavy (non-hydrogen) atoms. The first-order chi connectivity index (χ1) is 15.4. The van der Waals surface area contributed by atoms with Crippen LogP contribution in [0.2, 0.25) is 0 Å². The molecule has 164 valence electrons. The molecule has 0 saturated carbocycles. The minimum absolute atomic E-state index is 0.0431. The zero-order valence-corrected chi connectivity index (χ0v) is 18.5. The van der Waals surface area contributed by atoms with Gasteiger partial charge in [0.05, 0.1) is 6.04 Å². The second-order valence-corrected chi connectivity index (χ2v) is 8.54. The maximum Gasteiger partial charge on any atom is 0.258 e. The standard InChI is InChI=1S/C27H27FN2O2/c1-18(2)26(31)30(22-9-5-4-6-10-22)25-17-19(3)29(24-12-8-7-11-23(24)25)27(32)20-13-15-21(28)16-14-20/h4-16,18-19,25H,17H2,1-3H3. The summed E-state index contributed by atoms with van der Waals surface area (Å²) in [6.45, 7) is 5.80. The molecule has 0 aromatic heterocycles. The molecule has 3 aromatic carbocycles. The molecular formula is C27H27FN2O2. The topological polar surface area (TPSA) is 40.6 Å². The van der Waals surface area contributed by atoms with E-state index in [4.69, 9.17) is 0 Å². The normalized spacial score (nSPS) is 17.7. The highest BCUT2D eigenvalue weighted by Crippen LogP contribution is 2.43. The Bertz CT molecular complexity index is 1110. The summed E-state index contributed by atoms with van der Waals surface area (Å²) in [4.78, 5) is 30.4. The molecule has 0 saturated heterocycles. The van der Waals surface area contributed by atoms with E-state index in [1.54, 1.807) is 4.90 Å². The molecule has 4 rings (SSSR count). The second-order valence-electron chi connectivity index (χ2n) is 8.54. The van der Waals surface area contributed by atoms with Crippen molar-refractivity contribution >= 4 is 23.2 Å². The highest BCUT2D eigenvalue weighted by molar-refractivity contribution is 6.07. The summed E-state index contributed by atoms with van der Waals surface area (Å²) in [7, 11) is 0. The summed E-state index contributed by atoms with van der Waals surface area (Å²) in [5.74, 6) is -0.678. The number of hydrogen-bond donors (Lipinski definition) is 0. The van der Waals surface area contributed by atoms with Gasteiger partial charge in [0.15, 0.2) is 0 Å². The highest BCUT2D eigenvalue weighted by Gasteiger charge is 2.39. The number of anilines is 2. The molecule has 0 fully saturated rings. The molecule has 2 unspecified atom stereocenters. The average molecular weight is 431 g/mol. The average Bonchev–Trinajstić information content (AvgIpc) is 2.80. The monoisotopic (exact) mass is 430 g/mol. The molecule has 1 aliphatic rings. The maximum atomic E-state index is 13.4. The van der Waals surface area contributed by atoms with Gasteiger partial charge in [-0.2, -0.15) is 0 Å². The first kappa shape index (κ1) is 21.8. The van der Waals surface area contributed by atoms with E-state index in [0.29, 0.717) is 12.0 Å². The molecule has 0 bridgehead atoms. The van der Waals surface area contributed by atoms with Crippen LogP contribution >= 0.6 is 0 Å². The lowest BCUT2D eigenvalue weighted by Gasteiger charge is -2.44. The van der Waals surface area contributed by atoms with E-state index in [9.17, 15) is 14.0 Å². The predicted molar refractivity (Wildman–Crippen MR) is 125 cm³/mol. The number of benzene rings is 3. The van der Waals surface area contributed by atoms with Crippen LogP contribution in [0.15, 0.2) is 78.9 Å². The van der Waals surface area contributed by atoms with E-state index in [-0.39, 0.29) is 35.6 Å². The fourth-order valence-electron chi connectivity index (χ4n) is 4.39. The first-order valence-corrected chi connectivity index (χ1v) is 10.9. The van der Waals surface area contributed by atoms with Crippen molar-refractivity contribution in [3.05, 3.63) is 95.8 Å². The van der Waals surface area contributed by atoms with Gasteiger partial charge < -0.3 is 9.80 Å². The maximum absolute atomic E-state index is 13.4. The van der Waals surface area contributed by atoms with Crippen LogP contribution in [-0.2, 0) is 4.79 Å². The molecular weight excluding hydrogens is 403 g/mol. The van der Waals surface area contributed by atoms with Crippen molar-refractivity contribution in [2.75, 3.05) is 9.80 Å². The van der Waals surface area contributed by atoms with Gasteiger partial charge in [-0.15, -0.1) is 0 Å². The van der Waals surface area contributed by atoms with Gasteiger partial charge in [-0.25, -0.2) is 4.39 Å². The fraction of sp³-hybridized carbons (Fsp3) is 0.259. The Kier molecular flexibility index (Phi) is 6.08. The van der Waals surface area contributed by atoms with E-state index in [1.165, 1.54) is 24.3 Å². The van der Waals surface area contributed by atoms with Gasteiger partial charge in [0.25, 0.3) is 5.91 Å². The number of carbonyl (C=O) groups excluding carboxylic acids is 2. The van der Waals surface area contributed by atoms with Gasteiger partial charge in [-0.05, 0) is 61.4 Å². The summed E-state index contributed by atoms with van der Waals surface area (Å²) >= 11 is 0. The van der Waals surface area contributed by atoms with Crippen LogP contribution in [0, 0.1) is 11.7 Å². The molecule has 4 nitrogen and oxygen atoms in total. The van der Waals surface area contributed by atoms with Crippen molar-refractivity contribution in [3.8, 4) is 0 Å². The van der Waals surface area contributed by atoms with Crippen LogP contribution in [0.3, 0.4) is 0 Å². The molecule has 1 aliphatic heterocycles. The Hall–Kier alpha value is -3.47. The molecule has 0 aliphatic carbocycles. The largest absolute Gasteiger partial charge is 0.305 e. The molecule has 1 heterocycles. The highest BCUT2D eigenvalue weighted by atomic mass is 19.1. The smallest absolute Gasteiger partial charge is 0.258 e. The second kappa shape index (κ2) is 8.95. The van der Waals surface area contributed by atoms with E-state index >= 15 is 0 Å². The molecule has 2 amide bonds. The number of rotatable bonds is 4. The van der Waals surface area contributed by atoms with Gasteiger partial charge in [0.1, 0.15) is 5.82 Å². The van der Waals surface area contributed by atoms with Gasteiger partial charge in [-0.1, -0.05) is 50.2 Å². The molecule has 2 atom stereocenters.